The summed E-state index contributed by atoms with van der Waals surface area (Å²) < 4.78 is 27.2. The van der Waals surface area contributed by atoms with Crippen molar-refractivity contribution in [2.45, 2.75) is 58.8 Å². The minimum absolute atomic E-state index is 0.0180. The Kier molecular flexibility index (Phi) is 7.89. The summed E-state index contributed by atoms with van der Waals surface area (Å²) in [6.07, 6.45) is 3.04. The number of piperidine rings is 1. The molecule has 1 heterocycles. The monoisotopic (exact) mass is 442 g/mol. The molecule has 1 amide bonds. The lowest BCUT2D eigenvalue weighted by Crippen LogP contribution is -2.43. The van der Waals surface area contributed by atoms with E-state index in [2.05, 4.69) is 37.4 Å². The molecule has 0 spiro atoms. The van der Waals surface area contributed by atoms with Gasteiger partial charge in [0, 0.05) is 25.6 Å². The average molecular weight is 443 g/mol. The lowest BCUT2D eigenvalue weighted by atomic mass is 9.96. The molecule has 0 radical (unpaired) electrons. The molecule has 3 rings (SSSR count). The predicted octanol–water partition coefficient (Wildman–Crippen LogP) is 3.98. The number of carbonyl (C=O) groups is 1. The van der Waals surface area contributed by atoms with Crippen LogP contribution in [0.2, 0.25) is 0 Å². The molecule has 168 valence electrons. The van der Waals surface area contributed by atoms with Gasteiger partial charge in [-0.1, -0.05) is 56.3 Å². The summed E-state index contributed by atoms with van der Waals surface area (Å²) in [6.45, 7) is 7.52. The Morgan fingerprint density at radius 1 is 1.00 bits per heavy atom. The second-order valence-corrected chi connectivity index (χ2v) is 10.4. The van der Waals surface area contributed by atoms with Gasteiger partial charge in [-0.2, -0.15) is 0 Å². The van der Waals surface area contributed by atoms with Crippen molar-refractivity contribution in [1.29, 1.82) is 0 Å². The fraction of sp³-hybridized carbons (Fsp3) is 0.480. The topological polar surface area (TPSA) is 66.5 Å². The van der Waals surface area contributed by atoms with Gasteiger partial charge in [0.05, 0.1) is 5.75 Å². The SMILES string of the molecule is CCc1ccc(CC)c(CNC(=O)C2CCN(S(=O)(=O)Cc3ccccc3C)CC2)c1. The number of hydrogen-bond acceptors (Lipinski definition) is 3. The molecule has 5 nitrogen and oxygen atoms in total. The number of nitrogens with one attached hydrogen (secondary N) is 1. The molecule has 0 unspecified atom stereocenters. The molecule has 0 atom stereocenters. The largest absolute Gasteiger partial charge is 0.352 e. The molecular weight excluding hydrogens is 408 g/mol. The summed E-state index contributed by atoms with van der Waals surface area (Å²) in [6, 6.07) is 14.1. The number of nitrogens with zero attached hydrogens (tertiary/aromatic N) is 1. The van der Waals surface area contributed by atoms with Gasteiger partial charge in [-0.25, -0.2) is 12.7 Å². The Bertz CT molecular complexity index is 1010. The van der Waals surface area contributed by atoms with E-state index in [1.54, 1.807) is 4.31 Å². The van der Waals surface area contributed by atoms with Gasteiger partial charge in [-0.05, 0) is 60.4 Å². The van der Waals surface area contributed by atoms with Crippen molar-refractivity contribution in [1.82, 2.24) is 9.62 Å². The van der Waals surface area contributed by atoms with Crippen LogP contribution >= 0.6 is 0 Å². The third-order valence-electron chi connectivity index (χ3n) is 6.33. The summed E-state index contributed by atoms with van der Waals surface area (Å²) in [7, 11) is -3.38. The molecule has 1 saturated heterocycles. The first-order valence-electron chi connectivity index (χ1n) is 11.2. The van der Waals surface area contributed by atoms with Crippen LogP contribution in [0.3, 0.4) is 0 Å². The van der Waals surface area contributed by atoms with Crippen LogP contribution in [0.15, 0.2) is 42.5 Å². The van der Waals surface area contributed by atoms with Crippen LogP contribution in [0.1, 0.15) is 54.5 Å². The lowest BCUT2D eigenvalue weighted by molar-refractivity contribution is -0.126. The van der Waals surface area contributed by atoms with Crippen molar-refractivity contribution >= 4 is 15.9 Å². The quantitative estimate of drug-likeness (QED) is 0.672. The van der Waals surface area contributed by atoms with Crippen molar-refractivity contribution in [2.24, 2.45) is 5.92 Å². The van der Waals surface area contributed by atoms with Crippen molar-refractivity contribution in [3.05, 3.63) is 70.3 Å². The molecule has 0 bridgehead atoms. The second-order valence-electron chi connectivity index (χ2n) is 8.38. The van der Waals surface area contributed by atoms with Gasteiger partial charge >= 0.3 is 0 Å². The molecule has 31 heavy (non-hydrogen) atoms. The highest BCUT2D eigenvalue weighted by atomic mass is 32.2. The van der Waals surface area contributed by atoms with Crippen molar-refractivity contribution < 1.29 is 13.2 Å². The number of carbonyl (C=O) groups excluding carboxylic acids is 1. The van der Waals surface area contributed by atoms with E-state index in [9.17, 15) is 13.2 Å². The lowest BCUT2D eigenvalue weighted by Gasteiger charge is -2.30. The van der Waals surface area contributed by atoms with Crippen molar-refractivity contribution in [3.63, 3.8) is 0 Å². The highest BCUT2D eigenvalue weighted by molar-refractivity contribution is 7.88. The number of amides is 1. The maximum atomic E-state index is 12.9. The first kappa shape index (κ1) is 23.5. The molecule has 6 heteroatoms. The number of rotatable bonds is 8. The number of hydrogen-bond donors (Lipinski definition) is 1. The summed E-state index contributed by atoms with van der Waals surface area (Å²) in [4.78, 5) is 12.7. The molecule has 1 aliphatic heterocycles. The van der Waals surface area contributed by atoms with E-state index >= 15 is 0 Å². The Morgan fingerprint density at radius 3 is 2.35 bits per heavy atom. The maximum Gasteiger partial charge on any atom is 0.223 e. The first-order chi connectivity index (χ1) is 14.8. The molecule has 1 N–H and O–H groups in total. The van der Waals surface area contributed by atoms with Gasteiger partial charge in [-0.15, -0.1) is 0 Å². The summed E-state index contributed by atoms with van der Waals surface area (Å²) >= 11 is 0. The summed E-state index contributed by atoms with van der Waals surface area (Å²) in [5, 5.41) is 3.09. The van der Waals surface area contributed by atoms with Crippen molar-refractivity contribution in [3.8, 4) is 0 Å². The molecule has 0 aromatic heterocycles. The van der Waals surface area contributed by atoms with E-state index in [-0.39, 0.29) is 17.6 Å². The first-order valence-corrected chi connectivity index (χ1v) is 12.9. The summed E-state index contributed by atoms with van der Waals surface area (Å²) in [5.74, 6) is -0.0892. The number of benzene rings is 2. The molecule has 1 fully saturated rings. The van der Waals surface area contributed by atoms with Gasteiger partial charge in [0.2, 0.25) is 15.9 Å². The van der Waals surface area contributed by atoms with Crippen LogP contribution < -0.4 is 5.32 Å². The van der Waals surface area contributed by atoms with E-state index in [0.29, 0.717) is 32.5 Å². The third kappa shape index (κ3) is 5.95. The number of aryl methyl sites for hydroxylation is 3. The molecular formula is C25H34N2O3S. The van der Waals surface area contributed by atoms with Gasteiger partial charge in [0.15, 0.2) is 0 Å². The molecule has 1 aliphatic rings. The van der Waals surface area contributed by atoms with Crippen LogP contribution in [0, 0.1) is 12.8 Å². The standard InChI is InChI=1S/C25H34N2O3S/c1-4-20-10-11-21(5-2)24(16-20)17-26-25(28)22-12-14-27(15-13-22)31(29,30)18-23-9-7-6-8-19(23)3/h6-11,16,22H,4-5,12-15,17-18H2,1-3H3,(H,26,28). The normalized spacial score (nSPS) is 15.7. The number of sulfonamides is 1. The Labute approximate surface area is 186 Å². The molecule has 0 aliphatic carbocycles. The highest BCUT2D eigenvalue weighted by Gasteiger charge is 2.31. The zero-order valence-corrected chi connectivity index (χ0v) is 19.7. The van der Waals surface area contributed by atoms with E-state index in [1.807, 2.05) is 31.2 Å². The minimum atomic E-state index is -3.38. The van der Waals surface area contributed by atoms with Crippen LogP contribution in [0.25, 0.3) is 0 Å². The minimum Gasteiger partial charge on any atom is -0.352 e. The Balaban J connectivity index is 1.55. The van der Waals surface area contributed by atoms with Gasteiger partial charge in [-0.3, -0.25) is 4.79 Å². The Morgan fingerprint density at radius 2 is 1.71 bits per heavy atom. The third-order valence-corrected chi connectivity index (χ3v) is 8.16. The van der Waals surface area contributed by atoms with Crippen molar-refractivity contribution in [2.75, 3.05) is 13.1 Å². The van der Waals surface area contributed by atoms with Gasteiger partial charge in [0.25, 0.3) is 0 Å². The predicted molar refractivity (Wildman–Crippen MR) is 125 cm³/mol. The van der Waals surface area contributed by atoms with Crippen LogP contribution in [-0.4, -0.2) is 31.7 Å². The van der Waals surface area contributed by atoms with E-state index < -0.39 is 10.0 Å². The Hall–Kier alpha value is -2.18. The molecule has 2 aromatic carbocycles. The second kappa shape index (κ2) is 10.4. The molecule has 0 saturated carbocycles. The molecule has 2 aromatic rings. The van der Waals surface area contributed by atoms with Crippen LogP contribution in [0.5, 0.6) is 0 Å². The van der Waals surface area contributed by atoms with Crippen LogP contribution in [0.4, 0.5) is 0 Å². The fourth-order valence-corrected chi connectivity index (χ4v) is 5.86. The van der Waals surface area contributed by atoms with Gasteiger partial charge in [0.1, 0.15) is 0 Å². The zero-order chi connectivity index (χ0) is 22.4. The fourth-order valence-electron chi connectivity index (χ4n) is 4.19. The summed E-state index contributed by atoms with van der Waals surface area (Å²) in [5.41, 5.74) is 5.53. The smallest absolute Gasteiger partial charge is 0.223 e. The van der Waals surface area contributed by atoms with E-state index in [1.165, 1.54) is 16.7 Å². The van der Waals surface area contributed by atoms with E-state index in [4.69, 9.17) is 0 Å². The average Bonchev–Trinajstić information content (AvgIpc) is 2.78. The zero-order valence-electron chi connectivity index (χ0n) is 18.9. The van der Waals surface area contributed by atoms with Crippen LogP contribution in [-0.2, 0) is 40.0 Å². The maximum absolute atomic E-state index is 12.9. The van der Waals surface area contributed by atoms with E-state index in [0.717, 1.165) is 24.0 Å². The van der Waals surface area contributed by atoms with Gasteiger partial charge < -0.3 is 5.32 Å². The highest BCUT2D eigenvalue weighted by Crippen LogP contribution is 2.23.